The van der Waals surface area contributed by atoms with Gasteiger partial charge in [0.2, 0.25) is 0 Å². The molecule has 3 rings (SSSR count). The summed E-state index contributed by atoms with van der Waals surface area (Å²) in [6.45, 7) is 1.79. The largest absolute Gasteiger partial charge is 0.203 e. The molecular weight excluding hydrogens is 232 g/mol. The third-order valence-electron chi connectivity index (χ3n) is 3.92. The molecule has 0 aromatic heterocycles. The lowest BCUT2D eigenvalue weighted by Gasteiger charge is -2.16. The maximum absolute atomic E-state index is 13.7. The summed E-state index contributed by atoms with van der Waals surface area (Å²) in [4.78, 5) is 0. The number of halogens is 4. The highest BCUT2D eigenvalue weighted by atomic mass is 19.2. The predicted molar refractivity (Wildman–Crippen MR) is 54.7 cm³/mol. The summed E-state index contributed by atoms with van der Waals surface area (Å²) >= 11 is 0. The topological polar surface area (TPSA) is 0 Å². The summed E-state index contributed by atoms with van der Waals surface area (Å²) in [6.07, 6.45) is 3.16. The summed E-state index contributed by atoms with van der Waals surface area (Å²) in [5, 5.41) is 0. The van der Waals surface area contributed by atoms with Gasteiger partial charge in [-0.05, 0) is 19.8 Å². The fourth-order valence-corrected chi connectivity index (χ4v) is 3.28. The smallest absolute Gasteiger partial charge is 0.197 e. The van der Waals surface area contributed by atoms with E-state index in [9.17, 15) is 17.6 Å². The quantitative estimate of drug-likeness (QED) is 0.277. The third kappa shape index (κ3) is 1.13. The van der Waals surface area contributed by atoms with Crippen LogP contribution in [0.3, 0.4) is 0 Å². The van der Waals surface area contributed by atoms with Crippen molar-refractivity contribution in [3.8, 4) is 0 Å². The van der Waals surface area contributed by atoms with Gasteiger partial charge in [-0.25, -0.2) is 17.6 Å². The SMILES string of the molecule is CC=C1[C@@H]2CC[C@@H]1c1c(F)c(F)c(F)c(F)c12. The highest BCUT2D eigenvalue weighted by Gasteiger charge is 2.46. The molecule has 0 nitrogen and oxygen atoms in total. The summed E-state index contributed by atoms with van der Waals surface area (Å²) in [6, 6.07) is 0. The molecule has 0 radical (unpaired) electrons. The maximum Gasteiger partial charge on any atom is 0.197 e. The van der Waals surface area contributed by atoms with Crippen molar-refractivity contribution in [2.45, 2.75) is 31.6 Å². The Morgan fingerprint density at radius 1 is 0.824 bits per heavy atom. The average Bonchev–Trinajstić information content (AvgIpc) is 2.88. The zero-order valence-electron chi connectivity index (χ0n) is 9.16. The summed E-state index contributed by atoms with van der Waals surface area (Å²) in [5.41, 5.74) is 0.958. The lowest BCUT2D eigenvalue weighted by atomic mass is 9.90. The Morgan fingerprint density at radius 3 is 1.59 bits per heavy atom. The highest BCUT2D eigenvalue weighted by Crippen LogP contribution is 2.58. The van der Waals surface area contributed by atoms with Crippen molar-refractivity contribution in [3.63, 3.8) is 0 Å². The molecule has 1 aromatic carbocycles. The van der Waals surface area contributed by atoms with Crippen LogP contribution in [0.5, 0.6) is 0 Å². The Bertz CT molecular complexity index is 500. The lowest BCUT2D eigenvalue weighted by molar-refractivity contribution is 0.394. The predicted octanol–water partition coefficient (Wildman–Crippen LogP) is 4.16. The fraction of sp³-hybridized carbons (Fsp3) is 0.385. The minimum atomic E-state index is -1.69. The number of rotatable bonds is 0. The number of hydrogen-bond acceptors (Lipinski definition) is 0. The van der Waals surface area contributed by atoms with Gasteiger partial charge in [0.1, 0.15) is 0 Å². The van der Waals surface area contributed by atoms with Crippen molar-refractivity contribution in [1.29, 1.82) is 0 Å². The van der Waals surface area contributed by atoms with E-state index in [4.69, 9.17) is 0 Å². The Hall–Kier alpha value is -1.32. The normalized spacial score (nSPS) is 25.4. The Balaban J connectivity index is 2.36. The Morgan fingerprint density at radius 2 is 1.24 bits per heavy atom. The number of hydrogen-bond donors (Lipinski definition) is 0. The van der Waals surface area contributed by atoms with E-state index >= 15 is 0 Å². The van der Waals surface area contributed by atoms with Gasteiger partial charge in [-0.2, -0.15) is 0 Å². The van der Waals surface area contributed by atoms with Gasteiger partial charge in [0.05, 0.1) is 0 Å². The summed E-state index contributed by atoms with van der Waals surface area (Å²) in [5.74, 6) is -6.36. The number of allylic oxidation sites excluding steroid dienone is 2. The molecule has 1 saturated carbocycles. The molecule has 2 atom stereocenters. The van der Waals surface area contributed by atoms with Crippen LogP contribution >= 0.6 is 0 Å². The van der Waals surface area contributed by atoms with Crippen LogP contribution in [0.2, 0.25) is 0 Å². The van der Waals surface area contributed by atoms with Gasteiger partial charge in [0, 0.05) is 23.0 Å². The molecule has 4 heteroatoms. The molecule has 0 heterocycles. The van der Waals surface area contributed by atoms with Crippen molar-refractivity contribution < 1.29 is 17.6 Å². The molecule has 2 aliphatic rings. The van der Waals surface area contributed by atoms with Crippen LogP contribution in [-0.4, -0.2) is 0 Å². The first-order chi connectivity index (χ1) is 8.07. The molecule has 0 unspecified atom stereocenters. The average molecular weight is 242 g/mol. The van der Waals surface area contributed by atoms with E-state index < -0.39 is 23.3 Å². The van der Waals surface area contributed by atoms with Gasteiger partial charge >= 0.3 is 0 Å². The monoisotopic (exact) mass is 242 g/mol. The molecule has 1 fully saturated rings. The van der Waals surface area contributed by atoms with Gasteiger partial charge in [-0.1, -0.05) is 11.6 Å². The third-order valence-corrected chi connectivity index (χ3v) is 3.92. The number of fused-ring (bicyclic) bond motifs is 5. The Kier molecular flexibility index (Phi) is 2.12. The van der Waals surface area contributed by atoms with Crippen molar-refractivity contribution in [1.82, 2.24) is 0 Å². The van der Waals surface area contributed by atoms with Gasteiger partial charge in [0.15, 0.2) is 23.3 Å². The Labute approximate surface area is 95.9 Å². The molecule has 1 aromatic rings. The van der Waals surface area contributed by atoms with Crippen molar-refractivity contribution in [2.24, 2.45) is 0 Å². The van der Waals surface area contributed by atoms with Crippen LogP contribution in [-0.2, 0) is 0 Å². The first-order valence-corrected chi connectivity index (χ1v) is 5.59. The first kappa shape index (κ1) is 10.8. The second-order valence-corrected chi connectivity index (χ2v) is 4.55. The van der Waals surface area contributed by atoms with Gasteiger partial charge < -0.3 is 0 Å². The number of benzene rings is 1. The highest BCUT2D eigenvalue weighted by molar-refractivity contribution is 5.54. The maximum atomic E-state index is 13.7. The minimum Gasteiger partial charge on any atom is -0.203 e. The van der Waals surface area contributed by atoms with E-state index in [1.807, 2.05) is 0 Å². The van der Waals surface area contributed by atoms with Crippen LogP contribution < -0.4 is 0 Å². The van der Waals surface area contributed by atoms with Crippen molar-refractivity contribution >= 4 is 0 Å². The van der Waals surface area contributed by atoms with E-state index in [1.165, 1.54) is 0 Å². The minimum absolute atomic E-state index is 0.0331. The zero-order valence-corrected chi connectivity index (χ0v) is 9.16. The van der Waals surface area contributed by atoms with E-state index in [0.717, 1.165) is 5.57 Å². The second-order valence-electron chi connectivity index (χ2n) is 4.55. The fourth-order valence-electron chi connectivity index (χ4n) is 3.28. The molecule has 2 aliphatic carbocycles. The van der Waals surface area contributed by atoms with Crippen LogP contribution in [0.1, 0.15) is 42.7 Å². The standard InChI is InChI=1S/C13H10F4/c1-2-5-6-3-4-7(5)9-8(6)10(14)12(16)13(17)11(9)15/h2,6-7H,3-4H2,1H3/t6-,7-/m0/s1. The molecule has 0 saturated heterocycles. The summed E-state index contributed by atoms with van der Waals surface area (Å²) in [7, 11) is 0. The van der Waals surface area contributed by atoms with Crippen LogP contribution in [0.25, 0.3) is 0 Å². The van der Waals surface area contributed by atoms with Crippen LogP contribution in [0.4, 0.5) is 17.6 Å². The molecule has 0 aliphatic heterocycles. The first-order valence-electron chi connectivity index (χ1n) is 5.59. The van der Waals surface area contributed by atoms with E-state index in [1.54, 1.807) is 13.0 Å². The van der Waals surface area contributed by atoms with Gasteiger partial charge in [0.25, 0.3) is 0 Å². The molecule has 0 N–H and O–H groups in total. The molecular formula is C13H10F4. The van der Waals surface area contributed by atoms with Gasteiger partial charge in [-0.3, -0.25) is 0 Å². The second kappa shape index (κ2) is 3.34. The van der Waals surface area contributed by atoms with Gasteiger partial charge in [-0.15, -0.1) is 0 Å². The van der Waals surface area contributed by atoms with Crippen molar-refractivity contribution in [2.75, 3.05) is 0 Å². The molecule has 17 heavy (non-hydrogen) atoms. The van der Waals surface area contributed by atoms with E-state index in [-0.39, 0.29) is 23.0 Å². The molecule has 90 valence electrons. The zero-order chi connectivity index (χ0) is 12.3. The van der Waals surface area contributed by atoms with E-state index in [0.29, 0.717) is 12.8 Å². The van der Waals surface area contributed by atoms with Crippen LogP contribution in [0.15, 0.2) is 11.6 Å². The molecule has 2 bridgehead atoms. The van der Waals surface area contributed by atoms with Crippen LogP contribution in [0, 0.1) is 23.3 Å². The lowest BCUT2D eigenvalue weighted by Crippen LogP contribution is -2.09. The molecule has 0 spiro atoms. The van der Waals surface area contributed by atoms with E-state index in [2.05, 4.69) is 0 Å². The summed E-state index contributed by atoms with van der Waals surface area (Å²) < 4.78 is 53.8. The molecule has 0 amide bonds. The van der Waals surface area contributed by atoms with Crippen molar-refractivity contribution in [3.05, 3.63) is 46.0 Å².